The fraction of sp³-hybridized carbons (Fsp3) is 0.667. The molecule has 0 spiro atoms. The fourth-order valence-electron chi connectivity index (χ4n) is 1.28. The smallest absolute Gasteiger partial charge is 0.113 e. The molecule has 0 heterocycles. The van der Waals surface area contributed by atoms with E-state index < -0.39 is 0 Å². The summed E-state index contributed by atoms with van der Waals surface area (Å²) in [7, 11) is 1.69. The maximum atomic E-state index is 5.43. The predicted molar refractivity (Wildman–Crippen MR) is 61.5 cm³/mol. The maximum Gasteiger partial charge on any atom is 0.113 e. The molecule has 0 aliphatic heterocycles. The van der Waals surface area contributed by atoms with E-state index >= 15 is 0 Å². The van der Waals surface area contributed by atoms with Crippen molar-refractivity contribution >= 4 is 0 Å². The summed E-state index contributed by atoms with van der Waals surface area (Å²) in [6.45, 7) is 7.28. The van der Waals surface area contributed by atoms with E-state index in [1.54, 1.807) is 7.11 Å². The molecule has 0 amide bonds. The average molecular weight is 211 g/mol. The third kappa shape index (κ3) is 6.18. The van der Waals surface area contributed by atoms with Gasteiger partial charge in [0.15, 0.2) is 0 Å². The number of hydrogen-bond donors (Lipinski definition) is 1. The third-order valence-corrected chi connectivity index (χ3v) is 2.17. The molecule has 86 valence electrons. The Hall–Kier alpha value is -0.960. The van der Waals surface area contributed by atoms with Crippen LogP contribution >= 0.6 is 0 Å². The Labute approximate surface area is 92.1 Å². The first-order valence-corrected chi connectivity index (χ1v) is 5.48. The van der Waals surface area contributed by atoms with Crippen LogP contribution in [0.25, 0.3) is 0 Å². The maximum absolute atomic E-state index is 5.43. The van der Waals surface area contributed by atoms with Crippen LogP contribution in [0.4, 0.5) is 0 Å². The van der Waals surface area contributed by atoms with Crippen molar-refractivity contribution in [3.05, 3.63) is 24.1 Å². The van der Waals surface area contributed by atoms with Gasteiger partial charge in [0.05, 0.1) is 6.61 Å². The molecule has 1 aliphatic rings. The molecule has 0 bridgehead atoms. The van der Waals surface area contributed by atoms with Crippen LogP contribution in [0.15, 0.2) is 24.1 Å². The van der Waals surface area contributed by atoms with Crippen LogP contribution in [0.2, 0.25) is 0 Å². The summed E-state index contributed by atoms with van der Waals surface area (Å²) in [6, 6.07) is 0.683. The van der Waals surface area contributed by atoms with E-state index in [1.807, 2.05) is 13.0 Å². The summed E-state index contributed by atoms with van der Waals surface area (Å²) in [4.78, 5) is 0. The Morgan fingerprint density at radius 1 is 1.47 bits per heavy atom. The second-order valence-electron chi connectivity index (χ2n) is 3.91. The van der Waals surface area contributed by atoms with Crippen molar-refractivity contribution in [2.45, 2.75) is 32.2 Å². The molecule has 0 radical (unpaired) electrons. The summed E-state index contributed by atoms with van der Waals surface area (Å²) < 4.78 is 10.4. The molecular formula is C12H21NO2. The van der Waals surface area contributed by atoms with Crippen molar-refractivity contribution in [2.24, 2.45) is 0 Å². The van der Waals surface area contributed by atoms with Crippen molar-refractivity contribution in [1.29, 1.82) is 0 Å². The van der Waals surface area contributed by atoms with Crippen molar-refractivity contribution in [1.82, 2.24) is 5.32 Å². The largest absolute Gasteiger partial charge is 0.494 e. The first-order chi connectivity index (χ1) is 7.22. The van der Waals surface area contributed by atoms with E-state index in [0.717, 1.165) is 24.5 Å². The molecule has 3 heteroatoms. The van der Waals surface area contributed by atoms with Crippen LogP contribution in [-0.4, -0.2) is 26.4 Å². The van der Waals surface area contributed by atoms with Crippen LogP contribution < -0.4 is 5.32 Å². The molecule has 0 unspecified atom stereocenters. The second-order valence-corrected chi connectivity index (χ2v) is 3.91. The van der Waals surface area contributed by atoms with Gasteiger partial charge in [-0.2, -0.15) is 0 Å². The zero-order valence-electron chi connectivity index (χ0n) is 9.71. The monoisotopic (exact) mass is 211 g/mol. The number of hydrogen-bond acceptors (Lipinski definition) is 3. The van der Waals surface area contributed by atoms with Gasteiger partial charge < -0.3 is 14.8 Å². The van der Waals surface area contributed by atoms with Gasteiger partial charge in [0.2, 0.25) is 0 Å². The quantitative estimate of drug-likeness (QED) is 0.379. The van der Waals surface area contributed by atoms with E-state index in [-0.39, 0.29) is 0 Å². The number of allylic oxidation sites excluding steroid dienone is 2. The number of nitrogens with one attached hydrogen (secondary N) is 1. The summed E-state index contributed by atoms with van der Waals surface area (Å²) in [5, 5.41) is 3.38. The topological polar surface area (TPSA) is 30.5 Å². The van der Waals surface area contributed by atoms with Gasteiger partial charge in [-0.3, -0.25) is 0 Å². The van der Waals surface area contributed by atoms with E-state index in [9.17, 15) is 0 Å². The Kier molecular flexibility index (Phi) is 5.26. The lowest BCUT2D eigenvalue weighted by atomic mass is 10.4. The van der Waals surface area contributed by atoms with Crippen molar-refractivity contribution in [2.75, 3.05) is 20.3 Å². The minimum Gasteiger partial charge on any atom is -0.494 e. The summed E-state index contributed by atoms with van der Waals surface area (Å²) in [6.07, 6.45) is 5.42. The first-order valence-electron chi connectivity index (χ1n) is 5.48. The number of ether oxygens (including phenoxy) is 2. The van der Waals surface area contributed by atoms with Gasteiger partial charge in [-0.05, 0) is 25.8 Å². The second kappa shape index (κ2) is 6.51. The predicted octanol–water partition coefficient (Wildman–Crippen LogP) is 2.21. The molecule has 0 saturated heterocycles. The molecule has 1 fully saturated rings. The van der Waals surface area contributed by atoms with Gasteiger partial charge in [-0.15, -0.1) is 0 Å². The van der Waals surface area contributed by atoms with Crippen molar-refractivity contribution < 1.29 is 9.47 Å². The highest BCUT2D eigenvalue weighted by molar-refractivity contribution is 5.14. The Balaban J connectivity index is 2.09. The first kappa shape index (κ1) is 12.1. The normalized spacial score (nSPS) is 16.3. The average Bonchev–Trinajstić information content (AvgIpc) is 2.96. The van der Waals surface area contributed by atoms with Crippen LogP contribution in [-0.2, 0) is 9.47 Å². The SMILES string of the molecule is C=C(/C=C(\C)NC1CC1)OCCCOC. The minimum absolute atomic E-state index is 0.667. The lowest BCUT2D eigenvalue weighted by Gasteiger charge is -2.08. The molecule has 15 heavy (non-hydrogen) atoms. The molecule has 0 atom stereocenters. The van der Waals surface area contributed by atoms with E-state index in [1.165, 1.54) is 12.8 Å². The molecule has 3 nitrogen and oxygen atoms in total. The van der Waals surface area contributed by atoms with Gasteiger partial charge in [-0.25, -0.2) is 0 Å². The van der Waals surface area contributed by atoms with Gasteiger partial charge in [-0.1, -0.05) is 6.58 Å². The van der Waals surface area contributed by atoms with Gasteiger partial charge >= 0.3 is 0 Å². The molecule has 0 aromatic heterocycles. The van der Waals surface area contributed by atoms with Crippen LogP contribution in [0, 0.1) is 0 Å². The molecule has 0 aromatic carbocycles. The van der Waals surface area contributed by atoms with Gasteiger partial charge in [0, 0.05) is 31.9 Å². The van der Waals surface area contributed by atoms with E-state index in [2.05, 4.69) is 11.9 Å². The van der Waals surface area contributed by atoms with Crippen LogP contribution in [0.3, 0.4) is 0 Å². The number of methoxy groups -OCH3 is 1. The molecule has 1 N–H and O–H groups in total. The molecule has 0 aromatic rings. The Morgan fingerprint density at radius 3 is 2.80 bits per heavy atom. The van der Waals surface area contributed by atoms with Gasteiger partial charge in [0.25, 0.3) is 0 Å². The Morgan fingerprint density at radius 2 is 2.20 bits per heavy atom. The standard InChI is InChI=1S/C12H21NO2/c1-10(13-12-5-6-12)9-11(2)15-8-4-7-14-3/h9,12-13H,2,4-8H2,1,3H3/b10-9+. The highest BCUT2D eigenvalue weighted by Gasteiger charge is 2.20. The highest BCUT2D eigenvalue weighted by atomic mass is 16.5. The molecule has 1 rings (SSSR count). The third-order valence-electron chi connectivity index (χ3n) is 2.17. The van der Waals surface area contributed by atoms with Crippen molar-refractivity contribution in [3.63, 3.8) is 0 Å². The lowest BCUT2D eigenvalue weighted by Crippen LogP contribution is -2.13. The van der Waals surface area contributed by atoms with Crippen molar-refractivity contribution in [3.8, 4) is 0 Å². The zero-order valence-corrected chi connectivity index (χ0v) is 9.71. The molecular weight excluding hydrogens is 190 g/mol. The Bertz CT molecular complexity index is 232. The molecule has 1 aliphatic carbocycles. The highest BCUT2D eigenvalue weighted by Crippen LogP contribution is 2.20. The van der Waals surface area contributed by atoms with Gasteiger partial charge in [0.1, 0.15) is 5.76 Å². The fourth-order valence-corrected chi connectivity index (χ4v) is 1.28. The lowest BCUT2D eigenvalue weighted by molar-refractivity contribution is 0.149. The summed E-state index contributed by atoms with van der Waals surface area (Å²) in [5.41, 5.74) is 1.13. The van der Waals surface area contributed by atoms with E-state index in [0.29, 0.717) is 12.6 Å². The minimum atomic E-state index is 0.667. The summed E-state index contributed by atoms with van der Waals surface area (Å²) in [5.74, 6) is 0.719. The number of rotatable bonds is 8. The zero-order chi connectivity index (χ0) is 11.1. The van der Waals surface area contributed by atoms with Crippen LogP contribution in [0.5, 0.6) is 0 Å². The van der Waals surface area contributed by atoms with E-state index in [4.69, 9.17) is 9.47 Å². The molecule has 1 saturated carbocycles. The van der Waals surface area contributed by atoms with Crippen LogP contribution in [0.1, 0.15) is 26.2 Å². The summed E-state index contributed by atoms with van der Waals surface area (Å²) >= 11 is 0.